The molecule has 0 saturated carbocycles. The maximum atomic E-state index is 11.6. The second kappa shape index (κ2) is 8.31. The Morgan fingerprint density at radius 2 is 2.00 bits per heavy atom. The molecule has 7 heteroatoms. The van der Waals surface area contributed by atoms with Crippen molar-refractivity contribution in [2.24, 2.45) is 0 Å². The van der Waals surface area contributed by atoms with E-state index >= 15 is 0 Å². The number of Topliss-reactive ketones (excluding diaryl/α,β-unsaturated/α-hetero) is 1. The average molecular weight is 297 g/mol. The summed E-state index contributed by atoms with van der Waals surface area (Å²) in [6.45, 7) is 1.99. The van der Waals surface area contributed by atoms with E-state index in [4.69, 9.17) is 4.74 Å². The van der Waals surface area contributed by atoms with Gasteiger partial charge in [0.05, 0.1) is 28.6 Å². The number of para-hydroxylation sites is 1. The van der Waals surface area contributed by atoms with Crippen molar-refractivity contribution in [1.82, 2.24) is 0 Å². The van der Waals surface area contributed by atoms with Gasteiger partial charge in [-0.15, -0.1) is 11.8 Å². The number of nitrogens with zero attached hydrogens (tertiary/aromatic N) is 1. The molecule has 0 bridgehead atoms. The number of carbonyl (C=O) groups excluding carboxylic acids is 2. The summed E-state index contributed by atoms with van der Waals surface area (Å²) < 4.78 is 4.72. The molecule has 0 aromatic heterocycles. The van der Waals surface area contributed by atoms with Crippen LogP contribution in [0.3, 0.4) is 0 Å². The molecule has 0 spiro atoms. The van der Waals surface area contributed by atoms with E-state index in [1.165, 1.54) is 6.07 Å². The summed E-state index contributed by atoms with van der Waals surface area (Å²) in [6.07, 6.45) is 0.135. The van der Waals surface area contributed by atoms with Gasteiger partial charge < -0.3 is 4.74 Å². The van der Waals surface area contributed by atoms with Crippen molar-refractivity contribution in [3.05, 3.63) is 34.4 Å². The molecule has 0 heterocycles. The predicted octanol–water partition coefficient (Wildman–Crippen LogP) is 2.60. The first kappa shape index (κ1) is 16.2. The summed E-state index contributed by atoms with van der Waals surface area (Å²) in [5.74, 6) is -0.442. The van der Waals surface area contributed by atoms with Crippen molar-refractivity contribution in [2.45, 2.75) is 24.7 Å². The number of nitro benzene ring substituents is 1. The second-order valence-corrected chi connectivity index (χ2v) is 4.87. The molecule has 0 amide bonds. The van der Waals surface area contributed by atoms with E-state index in [1.807, 2.05) is 0 Å². The third kappa shape index (κ3) is 5.40. The fourth-order valence-corrected chi connectivity index (χ4v) is 2.36. The predicted molar refractivity (Wildman–Crippen MR) is 74.7 cm³/mol. The lowest BCUT2D eigenvalue weighted by molar-refractivity contribution is -0.387. The van der Waals surface area contributed by atoms with Gasteiger partial charge >= 0.3 is 5.97 Å². The third-order valence-electron chi connectivity index (χ3n) is 2.36. The smallest absolute Gasteiger partial charge is 0.306 e. The van der Waals surface area contributed by atoms with Crippen LogP contribution >= 0.6 is 11.8 Å². The fourth-order valence-electron chi connectivity index (χ4n) is 1.44. The van der Waals surface area contributed by atoms with Gasteiger partial charge in [0.25, 0.3) is 5.69 Å². The van der Waals surface area contributed by atoms with Crippen LogP contribution in [0.2, 0.25) is 0 Å². The number of esters is 1. The number of hydrogen-bond acceptors (Lipinski definition) is 6. The lowest BCUT2D eigenvalue weighted by Gasteiger charge is -2.03. The van der Waals surface area contributed by atoms with Crippen molar-refractivity contribution >= 4 is 29.2 Å². The molecule has 1 aromatic rings. The Morgan fingerprint density at radius 1 is 1.30 bits per heavy atom. The molecule has 0 aliphatic carbocycles. The number of ether oxygens (including phenoxy) is 1. The van der Waals surface area contributed by atoms with Crippen LogP contribution in [0.1, 0.15) is 19.8 Å². The molecule has 0 N–H and O–H groups in total. The van der Waals surface area contributed by atoms with E-state index in [2.05, 4.69) is 0 Å². The molecule has 0 saturated heterocycles. The molecule has 0 aliphatic heterocycles. The van der Waals surface area contributed by atoms with Gasteiger partial charge in [-0.1, -0.05) is 12.1 Å². The SMILES string of the molecule is CCOC(=O)CCC(=O)CSc1ccccc1[N+](=O)[O-]. The number of carbonyl (C=O) groups is 2. The Balaban J connectivity index is 2.45. The maximum absolute atomic E-state index is 11.6. The molecule has 0 radical (unpaired) electrons. The van der Waals surface area contributed by atoms with Crippen LogP contribution in [0, 0.1) is 10.1 Å². The molecule has 20 heavy (non-hydrogen) atoms. The highest BCUT2D eigenvalue weighted by atomic mass is 32.2. The zero-order chi connectivity index (χ0) is 15.0. The number of ketones is 1. The van der Waals surface area contributed by atoms with Gasteiger partial charge in [0.1, 0.15) is 5.78 Å². The molecule has 6 nitrogen and oxygen atoms in total. The van der Waals surface area contributed by atoms with Crippen LogP contribution in [0.25, 0.3) is 0 Å². The summed E-state index contributed by atoms with van der Waals surface area (Å²) in [7, 11) is 0. The Kier molecular flexibility index (Phi) is 6.72. The number of hydrogen-bond donors (Lipinski definition) is 0. The summed E-state index contributed by atoms with van der Waals surface area (Å²) in [5, 5.41) is 10.8. The van der Waals surface area contributed by atoms with Crippen LogP contribution in [-0.4, -0.2) is 29.0 Å². The number of benzene rings is 1. The summed E-state index contributed by atoms with van der Waals surface area (Å²) >= 11 is 1.11. The van der Waals surface area contributed by atoms with Gasteiger partial charge in [0, 0.05) is 12.5 Å². The normalized spacial score (nSPS) is 10.1. The summed E-state index contributed by atoms with van der Waals surface area (Å²) in [6, 6.07) is 6.25. The first-order valence-corrected chi connectivity index (χ1v) is 7.06. The van der Waals surface area contributed by atoms with Gasteiger partial charge in [0.15, 0.2) is 0 Å². The van der Waals surface area contributed by atoms with Gasteiger partial charge in [-0.25, -0.2) is 0 Å². The highest BCUT2D eigenvalue weighted by Crippen LogP contribution is 2.28. The molecule has 0 unspecified atom stereocenters. The standard InChI is InChI=1S/C13H15NO5S/c1-2-19-13(16)8-7-10(15)9-20-12-6-4-3-5-11(12)14(17)18/h3-6H,2,7-9H2,1H3. The zero-order valence-corrected chi connectivity index (χ0v) is 11.9. The quantitative estimate of drug-likeness (QED) is 0.317. The fraction of sp³-hybridized carbons (Fsp3) is 0.385. The molecular weight excluding hydrogens is 282 g/mol. The van der Waals surface area contributed by atoms with Gasteiger partial charge in [-0.3, -0.25) is 19.7 Å². The number of thioether (sulfide) groups is 1. The topological polar surface area (TPSA) is 86.5 Å². The largest absolute Gasteiger partial charge is 0.466 e. The molecule has 108 valence electrons. The van der Waals surface area contributed by atoms with E-state index in [-0.39, 0.29) is 36.7 Å². The van der Waals surface area contributed by atoms with Crippen LogP contribution in [-0.2, 0) is 14.3 Å². The van der Waals surface area contributed by atoms with Crippen molar-refractivity contribution in [3.8, 4) is 0 Å². The van der Waals surface area contributed by atoms with Crippen LogP contribution in [0.5, 0.6) is 0 Å². The van der Waals surface area contributed by atoms with Gasteiger partial charge in [-0.2, -0.15) is 0 Å². The maximum Gasteiger partial charge on any atom is 0.306 e. The second-order valence-electron chi connectivity index (χ2n) is 3.86. The van der Waals surface area contributed by atoms with Crippen molar-refractivity contribution < 1.29 is 19.2 Å². The Bertz CT molecular complexity index is 503. The van der Waals surface area contributed by atoms with Crippen molar-refractivity contribution in [3.63, 3.8) is 0 Å². The Labute approximate surface area is 120 Å². The van der Waals surface area contributed by atoms with Crippen molar-refractivity contribution in [1.29, 1.82) is 0 Å². The van der Waals surface area contributed by atoms with Crippen LogP contribution < -0.4 is 0 Å². The first-order valence-electron chi connectivity index (χ1n) is 6.08. The monoisotopic (exact) mass is 297 g/mol. The average Bonchev–Trinajstić information content (AvgIpc) is 2.43. The zero-order valence-electron chi connectivity index (χ0n) is 11.0. The lowest BCUT2D eigenvalue weighted by atomic mass is 10.2. The van der Waals surface area contributed by atoms with E-state index in [1.54, 1.807) is 25.1 Å². The number of nitro groups is 1. The van der Waals surface area contributed by atoms with Gasteiger partial charge in [-0.05, 0) is 13.0 Å². The molecule has 1 aromatic carbocycles. The Morgan fingerprint density at radius 3 is 2.65 bits per heavy atom. The van der Waals surface area contributed by atoms with E-state index in [0.29, 0.717) is 4.90 Å². The van der Waals surface area contributed by atoms with Crippen LogP contribution in [0.15, 0.2) is 29.2 Å². The summed E-state index contributed by atoms with van der Waals surface area (Å²) in [5.41, 5.74) is -0.0179. The van der Waals surface area contributed by atoms with E-state index < -0.39 is 10.9 Å². The third-order valence-corrected chi connectivity index (χ3v) is 3.49. The molecular formula is C13H15NO5S. The van der Waals surface area contributed by atoms with E-state index in [0.717, 1.165) is 11.8 Å². The minimum absolute atomic E-state index is 0.0179. The molecule has 1 rings (SSSR count). The Hall–Kier alpha value is -1.89. The first-order chi connectivity index (χ1) is 9.54. The molecule has 0 aliphatic rings. The number of rotatable bonds is 8. The molecule has 0 fully saturated rings. The van der Waals surface area contributed by atoms with Crippen LogP contribution in [0.4, 0.5) is 5.69 Å². The highest BCUT2D eigenvalue weighted by molar-refractivity contribution is 8.00. The summed E-state index contributed by atoms with van der Waals surface area (Å²) in [4.78, 5) is 33.5. The highest BCUT2D eigenvalue weighted by Gasteiger charge is 2.14. The molecule has 0 atom stereocenters. The minimum atomic E-state index is -0.481. The lowest BCUT2D eigenvalue weighted by Crippen LogP contribution is -2.09. The van der Waals surface area contributed by atoms with E-state index in [9.17, 15) is 19.7 Å². The minimum Gasteiger partial charge on any atom is -0.466 e. The van der Waals surface area contributed by atoms with Gasteiger partial charge in [0.2, 0.25) is 0 Å². The van der Waals surface area contributed by atoms with Crippen molar-refractivity contribution in [2.75, 3.05) is 12.4 Å².